The van der Waals surface area contributed by atoms with Gasteiger partial charge in [-0.25, -0.2) is 0 Å². The Bertz CT molecular complexity index is 993. The average molecular weight is 428 g/mol. The fourth-order valence-corrected chi connectivity index (χ4v) is 7.19. The molecular formula is C28H33N3O. The molecule has 0 spiro atoms. The van der Waals surface area contributed by atoms with Crippen LogP contribution in [0.1, 0.15) is 61.4 Å². The van der Waals surface area contributed by atoms with Crippen LogP contribution >= 0.6 is 0 Å². The van der Waals surface area contributed by atoms with Gasteiger partial charge in [-0.1, -0.05) is 60.7 Å². The van der Waals surface area contributed by atoms with Crippen molar-refractivity contribution in [2.45, 2.75) is 56.9 Å². The van der Waals surface area contributed by atoms with Crippen LogP contribution < -0.4 is 0 Å². The third-order valence-electron chi connectivity index (χ3n) is 8.42. The van der Waals surface area contributed by atoms with E-state index in [4.69, 9.17) is 4.42 Å². The molecule has 2 aliphatic heterocycles. The molecule has 2 unspecified atom stereocenters. The minimum absolute atomic E-state index is 0.437. The summed E-state index contributed by atoms with van der Waals surface area (Å²) in [5, 5.41) is 8.86. The van der Waals surface area contributed by atoms with Gasteiger partial charge in [0.2, 0.25) is 11.8 Å². The van der Waals surface area contributed by atoms with Crippen molar-refractivity contribution in [1.29, 1.82) is 0 Å². The lowest BCUT2D eigenvalue weighted by atomic mass is 9.68. The average Bonchev–Trinajstić information content (AvgIpc) is 3.16. The molecule has 0 radical (unpaired) electrons. The Hall–Kier alpha value is -2.46. The van der Waals surface area contributed by atoms with Gasteiger partial charge in [0.05, 0.1) is 5.41 Å². The van der Waals surface area contributed by atoms with E-state index >= 15 is 0 Å². The maximum Gasteiger partial charge on any atom is 0.231 e. The van der Waals surface area contributed by atoms with Crippen molar-refractivity contribution in [2.24, 2.45) is 17.8 Å². The summed E-state index contributed by atoms with van der Waals surface area (Å²) in [5.74, 6) is 4.16. The lowest BCUT2D eigenvalue weighted by molar-refractivity contribution is 0.121. The Balaban J connectivity index is 1.40. The summed E-state index contributed by atoms with van der Waals surface area (Å²) in [5.41, 5.74) is 2.03. The van der Waals surface area contributed by atoms with E-state index in [2.05, 4.69) is 75.8 Å². The van der Waals surface area contributed by atoms with Crippen molar-refractivity contribution in [3.05, 3.63) is 83.6 Å². The Morgan fingerprint density at radius 3 is 1.97 bits per heavy atom. The van der Waals surface area contributed by atoms with Gasteiger partial charge in [-0.15, -0.1) is 10.2 Å². The van der Waals surface area contributed by atoms with Crippen molar-refractivity contribution in [1.82, 2.24) is 15.1 Å². The molecule has 4 bridgehead atoms. The van der Waals surface area contributed by atoms with E-state index in [1.807, 2.05) is 6.92 Å². The van der Waals surface area contributed by atoms with Crippen LogP contribution in [0.15, 0.2) is 65.1 Å². The first-order valence-electron chi connectivity index (χ1n) is 12.4. The van der Waals surface area contributed by atoms with Crippen LogP contribution in [0.25, 0.3) is 0 Å². The highest BCUT2D eigenvalue weighted by Gasteiger charge is 2.45. The molecule has 3 heterocycles. The van der Waals surface area contributed by atoms with Gasteiger partial charge < -0.3 is 9.32 Å². The van der Waals surface area contributed by atoms with Crippen LogP contribution in [0.4, 0.5) is 0 Å². The van der Waals surface area contributed by atoms with Crippen LogP contribution in [0.3, 0.4) is 0 Å². The van der Waals surface area contributed by atoms with Crippen LogP contribution in [-0.2, 0) is 5.41 Å². The zero-order chi connectivity index (χ0) is 21.5. The molecule has 0 N–H and O–H groups in total. The van der Waals surface area contributed by atoms with Crippen molar-refractivity contribution in [3.8, 4) is 0 Å². The zero-order valence-electron chi connectivity index (χ0n) is 19.0. The third kappa shape index (κ3) is 3.49. The maximum absolute atomic E-state index is 6.19. The number of rotatable bonds is 6. The first-order chi connectivity index (χ1) is 15.7. The number of fused-ring (bicyclic) bond motifs is 1. The summed E-state index contributed by atoms with van der Waals surface area (Å²) in [6.45, 7) is 4.22. The van der Waals surface area contributed by atoms with Gasteiger partial charge in [0.1, 0.15) is 0 Å². The molecule has 4 fully saturated rings. The summed E-state index contributed by atoms with van der Waals surface area (Å²) in [7, 11) is 0. The molecule has 2 aliphatic carbocycles. The molecule has 2 atom stereocenters. The molecule has 3 aromatic rings. The van der Waals surface area contributed by atoms with Gasteiger partial charge in [0, 0.05) is 26.1 Å². The van der Waals surface area contributed by atoms with Gasteiger partial charge in [-0.05, 0) is 67.4 Å². The van der Waals surface area contributed by atoms with E-state index < -0.39 is 5.41 Å². The predicted octanol–water partition coefficient (Wildman–Crippen LogP) is 5.61. The van der Waals surface area contributed by atoms with Gasteiger partial charge in [-0.2, -0.15) is 0 Å². The topological polar surface area (TPSA) is 42.2 Å². The Labute approximate surface area is 191 Å². The van der Waals surface area contributed by atoms with Gasteiger partial charge in [0.25, 0.3) is 0 Å². The molecule has 32 heavy (non-hydrogen) atoms. The highest BCUT2D eigenvalue weighted by molar-refractivity contribution is 5.45. The number of aryl methyl sites for hydroxylation is 1. The molecular weight excluding hydrogens is 394 g/mol. The van der Waals surface area contributed by atoms with Crippen LogP contribution in [-0.4, -0.2) is 34.2 Å². The fourth-order valence-electron chi connectivity index (χ4n) is 7.19. The number of benzene rings is 2. The summed E-state index contributed by atoms with van der Waals surface area (Å²) in [6, 6.07) is 22.3. The van der Waals surface area contributed by atoms with Crippen molar-refractivity contribution in [3.63, 3.8) is 0 Å². The largest absolute Gasteiger partial charge is 0.424 e. The molecule has 4 nitrogen and oxygen atoms in total. The summed E-state index contributed by atoms with van der Waals surface area (Å²) in [6.07, 6.45) is 8.14. The third-order valence-corrected chi connectivity index (χ3v) is 8.42. The molecule has 166 valence electrons. The van der Waals surface area contributed by atoms with E-state index in [9.17, 15) is 0 Å². The van der Waals surface area contributed by atoms with Crippen LogP contribution in [0, 0.1) is 24.7 Å². The van der Waals surface area contributed by atoms with E-state index in [0.29, 0.717) is 11.8 Å². The van der Waals surface area contributed by atoms with Gasteiger partial charge >= 0.3 is 0 Å². The normalized spacial score (nSPS) is 27.5. The lowest BCUT2D eigenvalue weighted by Crippen LogP contribution is -2.42. The molecule has 2 saturated carbocycles. The minimum Gasteiger partial charge on any atom is -0.424 e. The maximum atomic E-state index is 6.19. The highest BCUT2D eigenvalue weighted by Crippen LogP contribution is 2.48. The molecule has 2 aromatic carbocycles. The standard InChI is InChI=1S/C28H33N3O/c1-20-29-30-27(32-20)28(24-8-4-2-5-9-24,25-10-6-3-7-11-25)12-13-31-19-23-15-21-14-22(16-23)18-26(31)17-21/h2-11,21-23,26H,12-19H2,1H3. The van der Waals surface area contributed by atoms with Gasteiger partial charge in [-0.3, -0.25) is 0 Å². The van der Waals surface area contributed by atoms with Crippen LogP contribution in [0.5, 0.6) is 0 Å². The molecule has 1 aromatic heterocycles. The highest BCUT2D eigenvalue weighted by atomic mass is 16.4. The Kier molecular flexibility index (Phi) is 5.14. The number of aromatic nitrogens is 2. The number of hydrogen-bond donors (Lipinski definition) is 0. The molecule has 4 heteroatoms. The SMILES string of the molecule is Cc1nnc(C(CCN2CC3CC4CC(C3)CC2C4)(c2ccccc2)c2ccccc2)o1. The monoisotopic (exact) mass is 427 g/mol. The summed E-state index contributed by atoms with van der Waals surface area (Å²) < 4.78 is 6.19. The minimum atomic E-state index is -0.437. The Morgan fingerprint density at radius 2 is 1.41 bits per heavy atom. The van der Waals surface area contributed by atoms with E-state index in [-0.39, 0.29) is 0 Å². The van der Waals surface area contributed by atoms with Crippen molar-refractivity contribution < 1.29 is 4.42 Å². The zero-order valence-corrected chi connectivity index (χ0v) is 19.0. The fraction of sp³-hybridized carbons (Fsp3) is 0.500. The quantitative estimate of drug-likeness (QED) is 0.513. The van der Waals surface area contributed by atoms with E-state index in [0.717, 1.165) is 36.8 Å². The van der Waals surface area contributed by atoms with Crippen molar-refractivity contribution >= 4 is 0 Å². The number of hydrogen-bond acceptors (Lipinski definition) is 4. The second kappa shape index (κ2) is 8.15. The molecule has 7 rings (SSSR count). The smallest absolute Gasteiger partial charge is 0.231 e. The second-order valence-electron chi connectivity index (χ2n) is 10.4. The molecule has 4 aliphatic rings. The first kappa shape index (κ1) is 20.2. The van der Waals surface area contributed by atoms with Crippen molar-refractivity contribution in [2.75, 3.05) is 13.1 Å². The Morgan fingerprint density at radius 1 is 0.812 bits per heavy atom. The molecule has 2 saturated heterocycles. The van der Waals surface area contributed by atoms with E-state index in [1.54, 1.807) is 0 Å². The number of nitrogens with zero attached hydrogens (tertiary/aromatic N) is 3. The van der Waals surface area contributed by atoms with Gasteiger partial charge in [0.15, 0.2) is 0 Å². The summed E-state index contributed by atoms with van der Waals surface area (Å²) in [4.78, 5) is 2.83. The lowest BCUT2D eigenvalue weighted by Gasteiger charge is -2.40. The van der Waals surface area contributed by atoms with Crippen LogP contribution in [0.2, 0.25) is 0 Å². The predicted molar refractivity (Wildman–Crippen MR) is 125 cm³/mol. The molecule has 0 amide bonds. The van der Waals surface area contributed by atoms with E-state index in [1.165, 1.54) is 49.8 Å². The summed E-state index contributed by atoms with van der Waals surface area (Å²) >= 11 is 0. The second-order valence-corrected chi connectivity index (χ2v) is 10.4. The first-order valence-corrected chi connectivity index (χ1v) is 12.4.